The molecule has 0 saturated heterocycles. The summed E-state index contributed by atoms with van der Waals surface area (Å²) >= 11 is 0. The maximum atomic E-state index is 12.5. The highest BCUT2D eigenvalue weighted by molar-refractivity contribution is 7.91. The van der Waals surface area contributed by atoms with E-state index in [4.69, 9.17) is 5.73 Å². The number of nitrogen functional groups attached to an aromatic ring is 1. The highest BCUT2D eigenvalue weighted by Gasteiger charge is 2.34. The SMILES string of the molecule is CC(C)(C)NS(=O)(=O)N1CCCc2c(N)cccc21.CC(C)(C)NS(=O)(=O)N1CCCc2c1cccc2[N+](=O)[O-]. The van der Waals surface area contributed by atoms with E-state index in [1.165, 1.54) is 20.7 Å². The van der Waals surface area contributed by atoms with Crippen molar-refractivity contribution in [3.63, 3.8) is 0 Å². The van der Waals surface area contributed by atoms with Crippen LogP contribution in [0.1, 0.15) is 65.5 Å². The van der Waals surface area contributed by atoms with Crippen molar-refractivity contribution in [1.82, 2.24) is 9.44 Å². The number of nitro groups is 1. The van der Waals surface area contributed by atoms with Crippen molar-refractivity contribution in [2.24, 2.45) is 0 Å². The second-order valence-corrected chi connectivity index (χ2v) is 15.1. The Morgan fingerprint density at radius 1 is 0.775 bits per heavy atom. The van der Waals surface area contributed by atoms with Crippen molar-refractivity contribution in [2.45, 2.75) is 78.3 Å². The quantitative estimate of drug-likeness (QED) is 0.269. The third kappa shape index (κ3) is 7.62. The molecule has 0 spiro atoms. The van der Waals surface area contributed by atoms with Crippen LogP contribution in [0.2, 0.25) is 0 Å². The number of nitro benzene ring substituents is 1. The van der Waals surface area contributed by atoms with Crippen LogP contribution in [0, 0.1) is 10.1 Å². The smallest absolute Gasteiger partial charge is 0.302 e. The Bertz CT molecular complexity index is 1460. The molecule has 4 rings (SSSR count). The molecule has 40 heavy (non-hydrogen) atoms. The van der Waals surface area contributed by atoms with Crippen LogP contribution in [0.15, 0.2) is 36.4 Å². The van der Waals surface area contributed by atoms with E-state index in [9.17, 15) is 26.9 Å². The molecule has 2 aromatic rings. The van der Waals surface area contributed by atoms with Gasteiger partial charge in [-0.2, -0.15) is 26.3 Å². The number of anilines is 3. The lowest BCUT2D eigenvalue weighted by Crippen LogP contribution is -2.50. The van der Waals surface area contributed by atoms with E-state index >= 15 is 0 Å². The molecule has 0 fully saturated rings. The maximum Gasteiger partial charge on any atom is 0.302 e. The van der Waals surface area contributed by atoms with Gasteiger partial charge in [-0.25, -0.2) is 0 Å². The summed E-state index contributed by atoms with van der Waals surface area (Å²) in [5, 5.41) is 11.1. The number of fused-ring (bicyclic) bond motifs is 2. The van der Waals surface area contributed by atoms with Crippen molar-refractivity contribution in [2.75, 3.05) is 27.4 Å². The summed E-state index contributed by atoms with van der Waals surface area (Å²) in [7, 11) is -7.28. The zero-order valence-corrected chi connectivity index (χ0v) is 25.5. The van der Waals surface area contributed by atoms with Gasteiger partial charge < -0.3 is 5.73 Å². The third-order valence-corrected chi connectivity index (χ3v) is 9.73. The number of rotatable bonds is 5. The van der Waals surface area contributed by atoms with Crippen LogP contribution in [0.4, 0.5) is 22.7 Å². The van der Waals surface area contributed by atoms with Crippen LogP contribution in [0.25, 0.3) is 0 Å². The molecule has 14 heteroatoms. The Morgan fingerprint density at radius 3 is 1.65 bits per heavy atom. The molecule has 222 valence electrons. The van der Waals surface area contributed by atoms with Gasteiger partial charge in [0.1, 0.15) is 0 Å². The fourth-order valence-electron chi connectivity index (χ4n) is 4.74. The molecule has 0 amide bonds. The van der Waals surface area contributed by atoms with E-state index in [1.807, 2.05) is 32.9 Å². The Morgan fingerprint density at radius 2 is 1.20 bits per heavy atom. The summed E-state index contributed by atoms with van der Waals surface area (Å²) < 4.78 is 57.8. The van der Waals surface area contributed by atoms with E-state index in [0.29, 0.717) is 48.6 Å². The molecule has 2 aliphatic rings. The number of nitrogens with two attached hydrogens (primary N) is 1. The Kier molecular flexibility index (Phi) is 9.09. The first kappa shape index (κ1) is 31.6. The minimum Gasteiger partial charge on any atom is -0.398 e. The monoisotopic (exact) mass is 596 g/mol. The number of nitrogens with one attached hydrogen (secondary N) is 2. The molecule has 0 aromatic heterocycles. The summed E-state index contributed by atoms with van der Waals surface area (Å²) in [5.41, 5.74) is 7.95. The summed E-state index contributed by atoms with van der Waals surface area (Å²) in [6.45, 7) is 11.5. The molecular formula is C26H40N6O6S2. The van der Waals surface area contributed by atoms with Crippen molar-refractivity contribution in [1.29, 1.82) is 0 Å². The zero-order chi connectivity index (χ0) is 30.1. The first-order valence-electron chi connectivity index (χ1n) is 13.1. The van der Waals surface area contributed by atoms with Crippen LogP contribution in [-0.2, 0) is 33.3 Å². The van der Waals surface area contributed by atoms with Crippen LogP contribution >= 0.6 is 0 Å². The lowest BCUT2D eigenvalue weighted by atomic mass is 10.0. The molecule has 0 atom stereocenters. The molecule has 12 nitrogen and oxygen atoms in total. The molecule has 0 aliphatic carbocycles. The molecule has 0 radical (unpaired) electrons. The molecule has 0 unspecified atom stereocenters. The largest absolute Gasteiger partial charge is 0.398 e. The van der Waals surface area contributed by atoms with Gasteiger partial charge >= 0.3 is 20.4 Å². The Hall–Kier alpha value is -2.94. The topological polar surface area (TPSA) is 168 Å². The number of benzene rings is 2. The van der Waals surface area contributed by atoms with Gasteiger partial charge in [0.05, 0.1) is 21.9 Å². The first-order valence-corrected chi connectivity index (χ1v) is 16.0. The second-order valence-electron chi connectivity index (χ2n) is 11.9. The van der Waals surface area contributed by atoms with E-state index in [-0.39, 0.29) is 5.69 Å². The van der Waals surface area contributed by atoms with E-state index in [1.54, 1.807) is 32.9 Å². The summed E-state index contributed by atoms with van der Waals surface area (Å²) in [6, 6.07) is 9.95. The molecule has 2 aliphatic heterocycles. The highest BCUT2D eigenvalue weighted by atomic mass is 32.2. The minimum absolute atomic E-state index is 0.0249. The van der Waals surface area contributed by atoms with Gasteiger partial charge in [0.15, 0.2) is 0 Å². The fourth-order valence-corrected chi connectivity index (χ4v) is 8.11. The van der Waals surface area contributed by atoms with Gasteiger partial charge in [0.2, 0.25) is 0 Å². The van der Waals surface area contributed by atoms with E-state index < -0.39 is 36.4 Å². The summed E-state index contributed by atoms with van der Waals surface area (Å²) in [5.74, 6) is 0. The molecule has 4 N–H and O–H groups in total. The zero-order valence-electron chi connectivity index (χ0n) is 23.9. The average Bonchev–Trinajstić information content (AvgIpc) is 2.80. The van der Waals surface area contributed by atoms with Gasteiger partial charge in [-0.1, -0.05) is 12.1 Å². The summed E-state index contributed by atoms with van der Waals surface area (Å²) in [6.07, 6.45) is 2.67. The Labute approximate surface area is 237 Å². The highest BCUT2D eigenvalue weighted by Crippen LogP contribution is 2.35. The van der Waals surface area contributed by atoms with Crippen molar-refractivity contribution in [3.8, 4) is 0 Å². The van der Waals surface area contributed by atoms with E-state index in [0.717, 1.165) is 18.4 Å². The van der Waals surface area contributed by atoms with Gasteiger partial charge in [-0.3, -0.25) is 18.7 Å². The van der Waals surface area contributed by atoms with Gasteiger partial charge in [-0.05, 0) is 91.0 Å². The van der Waals surface area contributed by atoms with E-state index in [2.05, 4.69) is 9.44 Å². The van der Waals surface area contributed by atoms with Gasteiger partial charge in [0.25, 0.3) is 5.69 Å². The van der Waals surface area contributed by atoms with Crippen LogP contribution in [0.3, 0.4) is 0 Å². The standard InChI is InChI=1S/C13H19N3O4S.C13H21N3O2S/c1-13(2,3)14-21(19,20)15-9-5-6-10-11(15)7-4-8-12(10)16(17)18;1-13(2,3)15-19(17,18)16-9-5-6-10-11(14)7-4-8-12(10)16/h4,7-8,14H,5-6,9H2,1-3H3;4,7-8,15H,5-6,9,14H2,1-3H3. The average molecular weight is 597 g/mol. The van der Waals surface area contributed by atoms with Crippen LogP contribution in [0.5, 0.6) is 0 Å². The lowest BCUT2D eigenvalue weighted by Gasteiger charge is -2.33. The second kappa shape index (κ2) is 11.5. The molecule has 0 saturated carbocycles. The molecule has 2 aromatic carbocycles. The number of hydrogen-bond acceptors (Lipinski definition) is 7. The lowest BCUT2D eigenvalue weighted by molar-refractivity contribution is -0.385. The molecular weight excluding hydrogens is 556 g/mol. The van der Waals surface area contributed by atoms with Crippen molar-refractivity contribution >= 4 is 43.2 Å². The Balaban J connectivity index is 0.000000222. The van der Waals surface area contributed by atoms with Crippen molar-refractivity contribution < 1.29 is 21.8 Å². The minimum atomic E-state index is -3.74. The predicted molar refractivity (Wildman–Crippen MR) is 159 cm³/mol. The number of nitrogens with zero attached hydrogens (tertiary/aromatic N) is 3. The first-order chi connectivity index (χ1) is 18.3. The van der Waals surface area contributed by atoms with Gasteiger partial charge in [0, 0.05) is 35.9 Å². The third-order valence-electron chi connectivity index (χ3n) is 6.07. The molecule has 0 bridgehead atoms. The number of hydrogen-bond donors (Lipinski definition) is 3. The fraction of sp³-hybridized carbons (Fsp3) is 0.538. The molecule has 2 heterocycles. The maximum absolute atomic E-state index is 12.5. The normalized spacial score (nSPS) is 15.9. The van der Waals surface area contributed by atoms with Crippen LogP contribution < -0.4 is 23.8 Å². The van der Waals surface area contributed by atoms with Crippen molar-refractivity contribution in [3.05, 3.63) is 57.6 Å². The van der Waals surface area contributed by atoms with Crippen LogP contribution in [-0.4, -0.2) is 45.9 Å². The summed E-state index contributed by atoms with van der Waals surface area (Å²) in [4.78, 5) is 10.6. The predicted octanol–water partition coefficient (Wildman–Crippen LogP) is 3.63. The van der Waals surface area contributed by atoms with Gasteiger partial charge in [-0.15, -0.1) is 0 Å².